The third kappa shape index (κ3) is 2.02. The first-order valence-electron chi connectivity index (χ1n) is 5.53. The number of amides is 1. The van der Waals surface area contributed by atoms with Gasteiger partial charge < -0.3 is 10.6 Å². The largest absolute Gasteiger partial charge is 0.363 e. The molecule has 0 aromatic carbocycles. The van der Waals surface area contributed by atoms with Crippen LogP contribution in [0.25, 0.3) is 0 Å². The van der Waals surface area contributed by atoms with Crippen molar-refractivity contribution in [3.05, 3.63) is 5.01 Å². The van der Waals surface area contributed by atoms with Gasteiger partial charge in [-0.15, -0.1) is 10.2 Å². The van der Waals surface area contributed by atoms with Crippen LogP contribution in [0.15, 0.2) is 0 Å². The average Bonchev–Trinajstić information content (AvgIpc) is 2.71. The van der Waals surface area contributed by atoms with Gasteiger partial charge in [0.25, 0.3) is 5.91 Å². The second kappa shape index (κ2) is 4.37. The highest BCUT2D eigenvalue weighted by molar-refractivity contribution is 7.17. The van der Waals surface area contributed by atoms with E-state index in [0.717, 1.165) is 19.3 Å². The molecule has 0 unspecified atom stereocenters. The topological polar surface area (TPSA) is 66.9 Å². The molecule has 16 heavy (non-hydrogen) atoms. The van der Waals surface area contributed by atoms with E-state index in [-0.39, 0.29) is 11.4 Å². The number of anilines is 1. The lowest BCUT2D eigenvalue weighted by Gasteiger charge is -2.41. The van der Waals surface area contributed by atoms with Crippen LogP contribution in [0.1, 0.15) is 42.4 Å². The summed E-state index contributed by atoms with van der Waals surface area (Å²) in [6.45, 7) is 2.11. The van der Waals surface area contributed by atoms with Gasteiger partial charge in [0, 0.05) is 12.6 Å². The summed E-state index contributed by atoms with van der Waals surface area (Å²) in [6, 6.07) is 0. The van der Waals surface area contributed by atoms with Crippen LogP contribution < -0.4 is 10.6 Å². The van der Waals surface area contributed by atoms with Gasteiger partial charge in [0.15, 0.2) is 0 Å². The second-order valence-corrected chi connectivity index (χ2v) is 5.08. The highest BCUT2D eigenvalue weighted by atomic mass is 32.1. The SMILES string of the molecule is CCC1(NC(=O)c2nnc(NC)s2)CCC1. The first-order valence-corrected chi connectivity index (χ1v) is 6.34. The van der Waals surface area contributed by atoms with Crippen LogP contribution in [0.4, 0.5) is 5.13 Å². The van der Waals surface area contributed by atoms with E-state index in [1.165, 1.54) is 17.8 Å². The van der Waals surface area contributed by atoms with E-state index in [0.29, 0.717) is 10.1 Å². The van der Waals surface area contributed by atoms with Crippen molar-refractivity contribution in [1.82, 2.24) is 15.5 Å². The minimum absolute atomic E-state index is 0.0164. The van der Waals surface area contributed by atoms with Gasteiger partial charge in [-0.1, -0.05) is 18.3 Å². The molecule has 1 aromatic heterocycles. The van der Waals surface area contributed by atoms with E-state index >= 15 is 0 Å². The number of hydrogen-bond donors (Lipinski definition) is 2. The lowest BCUT2D eigenvalue weighted by molar-refractivity contribution is 0.0819. The van der Waals surface area contributed by atoms with Crippen LogP contribution in [0.2, 0.25) is 0 Å². The van der Waals surface area contributed by atoms with Crippen LogP contribution in [0, 0.1) is 0 Å². The Bertz CT molecular complexity index is 380. The van der Waals surface area contributed by atoms with Gasteiger partial charge in [-0.05, 0) is 25.7 Å². The molecule has 2 N–H and O–H groups in total. The summed E-state index contributed by atoms with van der Waals surface area (Å²) in [5.41, 5.74) is 0.0164. The smallest absolute Gasteiger partial charge is 0.282 e. The van der Waals surface area contributed by atoms with Crippen LogP contribution >= 0.6 is 11.3 Å². The molecule has 5 nitrogen and oxygen atoms in total. The molecule has 1 aromatic rings. The van der Waals surface area contributed by atoms with Gasteiger partial charge >= 0.3 is 0 Å². The number of hydrogen-bond acceptors (Lipinski definition) is 5. The highest BCUT2D eigenvalue weighted by Crippen LogP contribution is 2.35. The lowest BCUT2D eigenvalue weighted by atomic mass is 9.75. The first-order chi connectivity index (χ1) is 7.69. The Morgan fingerprint density at radius 1 is 1.50 bits per heavy atom. The molecule has 1 amide bonds. The van der Waals surface area contributed by atoms with E-state index in [2.05, 4.69) is 27.8 Å². The maximum Gasteiger partial charge on any atom is 0.282 e. The third-order valence-electron chi connectivity index (χ3n) is 3.20. The maximum absolute atomic E-state index is 11.9. The molecule has 88 valence electrons. The Labute approximate surface area is 98.7 Å². The van der Waals surface area contributed by atoms with Gasteiger partial charge in [-0.25, -0.2) is 0 Å². The van der Waals surface area contributed by atoms with Crippen molar-refractivity contribution >= 4 is 22.4 Å². The molecule has 1 saturated carbocycles. The van der Waals surface area contributed by atoms with Crippen LogP contribution in [-0.2, 0) is 0 Å². The van der Waals surface area contributed by atoms with E-state index < -0.39 is 0 Å². The summed E-state index contributed by atoms with van der Waals surface area (Å²) in [4.78, 5) is 11.9. The molecule has 0 spiro atoms. The van der Waals surface area contributed by atoms with Gasteiger partial charge in [0.1, 0.15) is 0 Å². The first kappa shape index (κ1) is 11.3. The van der Waals surface area contributed by atoms with E-state index in [9.17, 15) is 4.79 Å². The van der Waals surface area contributed by atoms with Gasteiger partial charge in [0.05, 0.1) is 0 Å². The normalized spacial score (nSPS) is 17.6. The molecule has 1 aliphatic rings. The summed E-state index contributed by atoms with van der Waals surface area (Å²) in [5, 5.41) is 14.8. The van der Waals surface area contributed by atoms with Crippen LogP contribution in [0.5, 0.6) is 0 Å². The molecule has 1 fully saturated rings. The van der Waals surface area contributed by atoms with E-state index in [1.807, 2.05) is 0 Å². The Balaban J connectivity index is 2.02. The molecular weight excluding hydrogens is 224 g/mol. The zero-order valence-electron chi connectivity index (χ0n) is 9.54. The second-order valence-electron chi connectivity index (χ2n) is 4.10. The van der Waals surface area contributed by atoms with Crippen molar-refractivity contribution in [2.45, 2.75) is 38.1 Å². The van der Waals surface area contributed by atoms with Crippen LogP contribution in [-0.4, -0.2) is 28.7 Å². The van der Waals surface area contributed by atoms with Gasteiger partial charge in [-0.2, -0.15) is 0 Å². The van der Waals surface area contributed by atoms with E-state index in [4.69, 9.17) is 0 Å². The van der Waals surface area contributed by atoms with Crippen molar-refractivity contribution in [1.29, 1.82) is 0 Å². The standard InChI is InChI=1S/C10H16N4OS/c1-3-10(5-4-6-10)12-7(15)8-13-14-9(11-2)16-8/h3-6H2,1-2H3,(H,11,14)(H,12,15). The lowest BCUT2D eigenvalue weighted by Crippen LogP contribution is -2.52. The summed E-state index contributed by atoms with van der Waals surface area (Å²) in [5.74, 6) is -0.0967. The van der Waals surface area contributed by atoms with Crippen molar-refractivity contribution in [2.75, 3.05) is 12.4 Å². The predicted octanol–water partition coefficient (Wildman–Crippen LogP) is 1.64. The van der Waals surface area contributed by atoms with E-state index in [1.54, 1.807) is 7.05 Å². The molecule has 0 radical (unpaired) electrons. The summed E-state index contributed by atoms with van der Waals surface area (Å²) in [7, 11) is 1.77. The quantitative estimate of drug-likeness (QED) is 0.839. The van der Waals surface area contributed by atoms with Crippen LogP contribution in [0.3, 0.4) is 0 Å². The molecule has 6 heteroatoms. The molecule has 0 atom stereocenters. The molecule has 0 bridgehead atoms. The highest BCUT2D eigenvalue weighted by Gasteiger charge is 2.37. The monoisotopic (exact) mass is 240 g/mol. The maximum atomic E-state index is 11.9. The minimum atomic E-state index is -0.0967. The average molecular weight is 240 g/mol. The number of carbonyl (C=O) groups excluding carboxylic acids is 1. The number of aromatic nitrogens is 2. The molecule has 0 saturated heterocycles. The minimum Gasteiger partial charge on any atom is -0.363 e. The van der Waals surface area contributed by atoms with Crippen molar-refractivity contribution in [3.8, 4) is 0 Å². The Morgan fingerprint density at radius 2 is 2.25 bits per heavy atom. The van der Waals surface area contributed by atoms with Gasteiger partial charge in [-0.3, -0.25) is 4.79 Å². The molecular formula is C10H16N4OS. The summed E-state index contributed by atoms with van der Waals surface area (Å²) < 4.78 is 0. The van der Waals surface area contributed by atoms with Crippen molar-refractivity contribution in [2.24, 2.45) is 0 Å². The Morgan fingerprint density at radius 3 is 2.69 bits per heavy atom. The van der Waals surface area contributed by atoms with Gasteiger partial charge in [0.2, 0.25) is 10.1 Å². The zero-order valence-corrected chi connectivity index (χ0v) is 10.4. The predicted molar refractivity (Wildman–Crippen MR) is 63.8 cm³/mol. The fraction of sp³-hybridized carbons (Fsp3) is 0.700. The van der Waals surface area contributed by atoms with Crippen molar-refractivity contribution < 1.29 is 4.79 Å². The zero-order chi connectivity index (χ0) is 11.6. The molecule has 1 aliphatic carbocycles. The molecule has 1 heterocycles. The fourth-order valence-electron chi connectivity index (χ4n) is 1.88. The number of rotatable bonds is 4. The Hall–Kier alpha value is -1.17. The number of nitrogens with zero attached hydrogens (tertiary/aromatic N) is 2. The summed E-state index contributed by atoms with van der Waals surface area (Å²) in [6.07, 6.45) is 4.34. The molecule has 0 aliphatic heterocycles. The number of carbonyl (C=O) groups is 1. The fourth-order valence-corrected chi connectivity index (χ4v) is 2.47. The third-order valence-corrected chi connectivity index (χ3v) is 4.14. The van der Waals surface area contributed by atoms with Crippen molar-refractivity contribution in [3.63, 3.8) is 0 Å². The number of nitrogens with one attached hydrogen (secondary N) is 2. The Kier molecular flexibility index (Phi) is 3.09. The molecule has 2 rings (SSSR count). The summed E-state index contributed by atoms with van der Waals surface area (Å²) >= 11 is 1.28.